The molecule has 0 aliphatic heterocycles. The van der Waals surface area contributed by atoms with Crippen LogP contribution in [-0.4, -0.2) is 42.5 Å². The lowest BCUT2D eigenvalue weighted by Gasteiger charge is -2.16. The van der Waals surface area contributed by atoms with Crippen molar-refractivity contribution in [3.8, 4) is 28.8 Å². The summed E-state index contributed by atoms with van der Waals surface area (Å²) in [6, 6.07) is 6.67. The fourth-order valence-corrected chi connectivity index (χ4v) is 2.56. The summed E-state index contributed by atoms with van der Waals surface area (Å²) in [5, 5.41) is 9.68. The SMILES string of the molecule is COC(=O)C(C)Oc1ccc(-c2nc(SC)[nH]c(=O)c2C#N)cc1OC. The maximum absolute atomic E-state index is 12.1. The predicted octanol–water partition coefficient (Wildman–Crippen LogP) is 1.98. The lowest BCUT2D eigenvalue weighted by atomic mass is 10.1. The van der Waals surface area contributed by atoms with Crippen LogP contribution in [0.15, 0.2) is 28.2 Å². The van der Waals surface area contributed by atoms with Gasteiger partial charge in [0.2, 0.25) is 0 Å². The molecule has 1 aromatic carbocycles. The number of H-pyrrole nitrogens is 1. The Balaban J connectivity index is 2.51. The number of thioether (sulfide) groups is 1. The van der Waals surface area contributed by atoms with E-state index in [0.717, 1.165) is 0 Å². The summed E-state index contributed by atoms with van der Waals surface area (Å²) in [6.45, 7) is 1.55. The smallest absolute Gasteiger partial charge is 0.346 e. The first-order valence-corrected chi connectivity index (χ1v) is 8.68. The third kappa shape index (κ3) is 3.97. The summed E-state index contributed by atoms with van der Waals surface area (Å²) in [5.74, 6) is 0.126. The van der Waals surface area contributed by atoms with Gasteiger partial charge in [0.25, 0.3) is 5.56 Å². The Bertz CT molecular complexity index is 920. The van der Waals surface area contributed by atoms with Crippen LogP contribution in [0, 0.1) is 11.3 Å². The summed E-state index contributed by atoms with van der Waals surface area (Å²) in [4.78, 5) is 30.4. The topological polar surface area (TPSA) is 114 Å². The van der Waals surface area contributed by atoms with Crippen molar-refractivity contribution < 1.29 is 19.0 Å². The molecule has 0 spiro atoms. The van der Waals surface area contributed by atoms with Crippen LogP contribution in [-0.2, 0) is 9.53 Å². The summed E-state index contributed by atoms with van der Waals surface area (Å²) >= 11 is 1.25. The second kappa shape index (κ2) is 8.40. The van der Waals surface area contributed by atoms with Crippen LogP contribution in [0.4, 0.5) is 0 Å². The first-order chi connectivity index (χ1) is 12.4. The quantitative estimate of drug-likeness (QED) is 0.463. The molecule has 0 aliphatic carbocycles. The summed E-state index contributed by atoms with van der Waals surface area (Å²) in [6.07, 6.45) is 0.940. The highest BCUT2D eigenvalue weighted by Gasteiger charge is 2.19. The summed E-state index contributed by atoms with van der Waals surface area (Å²) in [5.41, 5.74) is 0.145. The summed E-state index contributed by atoms with van der Waals surface area (Å²) < 4.78 is 15.5. The number of ether oxygens (including phenoxy) is 3. The largest absolute Gasteiger partial charge is 0.493 e. The van der Waals surface area contributed by atoms with Crippen molar-refractivity contribution in [1.29, 1.82) is 5.26 Å². The maximum Gasteiger partial charge on any atom is 0.346 e. The lowest BCUT2D eigenvalue weighted by Crippen LogP contribution is -2.25. The Labute approximate surface area is 154 Å². The number of methoxy groups -OCH3 is 2. The number of hydrogen-bond donors (Lipinski definition) is 1. The van der Waals surface area contributed by atoms with E-state index in [2.05, 4.69) is 14.7 Å². The van der Waals surface area contributed by atoms with Gasteiger partial charge in [0.05, 0.1) is 19.9 Å². The molecule has 0 saturated heterocycles. The zero-order valence-corrected chi connectivity index (χ0v) is 15.5. The first-order valence-electron chi connectivity index (χ1n) is 7.46. The Kier molecular flexibility index (Phi) is 6.25. The van der Waals surface area contributed by atoms with Crippen molar-refractivity contribution >= 4 is 17.7 Å². The number of nitriles is 1. The van der Waals surface area contributed by atoms with Crippen LogP contribution in [0.1, 0.15) is 12.5 Å². The summed E-state index contributed by atoms with van der Waals surface area (Å²) in [7, 11) is 2.71. The number of aromatic amines is 1. The minimum atomic E-state index is -0.824. The number of nitrogens with zero attached hydrogens (tertiary/aromatic N) is 2. The van der Waals surface area contributed by atoms with Crippen molar-refractivity contribution in [2.75, 3.05) is 20.5 Å². The normalized spacial score (nSPS) is 11.3. The highest BCUT2D eigenvalue weighted by atomic mass is 32.2. The number of carbonyl (C=O) groups excluding carboxylic acids is 1. The van der Waals surface area contributed by atoms with Gasteiger partial charge < -0.3 is 19.2 Å². The van der Waals surface area contributed by atoms with E-state index in [1.165, 1.54) is 26.0 Å². The minimum absolute atomic E-state index is 0.0959. The number of hydrogen-bond acceptors (Lipinski definition) is 8. The van der Waals surface area contributed by atoms with Crippen LogP contribution in [0.5, 0.6) is 11.5 Å². The van der Waals surface area contributed by atoms with Gasteiger partial charge in [-0.1, -0.05) is 11.8 Å². The van der Waals surface area contributed by atoms with Gasteiger partial charge in [-0.25, -0.2) is 9.78 Å². The third-order valence-corrected chi connectivity index (χ3v) is 4.06. The van der Waals surface area contributed by atoms with Crippen LogP contribution in [0.3, 0.4) is 0 Å². The molecule has 0 radical (unpaired) electrons. The van der Waals surface area contributed by atoms with Crippen molar-refractivity contribution in [3.63, 3.8) is 0 Å². The fourth-order valence-electron chi connectivity index (χ4n) is 2.18. The first kappa shape index (κ1) is 19.3. The van der Waals surface area contributed by atoms with E-state index < -0.39 is 17.6 Å². The highest BCUT2D eigenvalue weighted by molar-refractivity contribution is 7.98. The van der Waals surface area contributed by atoms with Crippen molar-refractivity contribution in [2.45, 2.75) is 18.2 Å². The van der Waals surface area contributed by atoms with Crippen molar-refractivity contribution in [2.24, 2.45) is 0 Å². The molecule has 2 aromatic rings. The predicted molar refractivity (Wildman–Crippen MR) is 95.4 cm³/mol. The molecule has 8 nitrogen and oxygen atoms in total. The molecule has 136 valence electrons. The van der Waals surface area contributed by atoms with Crippen molar-refractivity contribution in [1.82, 2.24) is 9.97 Å². The molecule has 0 fully saturated rings. The number of aromatic nitrogens is 2. The minimum Gasteiger partial charge on any atom is -0.493 e. The van der Waals surface area contributed by atoms with E-state index in [4.69, 9.17) is 9.47 Å². The van der Waals surface area contributed by atoms with Gasteiger partial charge in [-0.2, -0.15) is 5.26 Å². The number of nitrogens with one attached hydrogen (secondary N) is 1. The Morgan fingerprint density at radius 1 is 1.35 bits per heavy atom. The van der Waals surface area contributed by atoms with E-state index in [9.17, 15) is 14.9 Å². The molecule has 26 heavy (non-hydrogen) atoms. The van der Waals surface area contributed by atoms with Gasteiger partial charge in [-0.05, 0) is 31.4 Å². The highest BCUT2D eigenvalue weighted by Crippen LogP contribution is 2.33. The molecule has 0 saturated carbocycles. The number of benzene rings is 1. The number of esters is 1. The molecule has 2 rings (SSSR count). The Morgan fingerprint density at radius 3 is 2.65 bits per heavy atom. The average molecular weight is 375 g/mol. The number of carbonyl (C=O) groups is 1. The molecule has 9 heteroatoms. The van der Waals surface area contributed by atoms with E-state index in [1.54, 1.807) is 31.4 Å². The third-order valence-electron chi connectivity index (χ3n) is 3.48. The zero-order valence-electron chi connectivity index (χ0n) is 14.7. The Hall–Kier alpha value is -2.99. The molecular formula is C17H17N3O5S. The van der Waals surface area contributed by atoms with Gasteiger partial charge in [0.1, 0.15) is 11.6 Å². The van der Waals surface area contributed by atoms with E-state index in [-0.39, 0.29) is 11.3 Å². The fraction of sp³-hybridized carbons (Fsp3) is 0.294. The van der Waals surface area contributed by atoms with Gasteiger partial charge in [0, 0.05) is 5.56 Å². The molecule has 1 aromatic heterocycles. The molecule has 0 bridgehead atoms. The average Bonchev–Trinajstić information content (AvgIpc) is 2.66. The van der Waals surface area contributed by atoms with Crippen LogP contribution in [0.2, 0.25) is 0 Å². The van der Waals surface area contributed by atoms with E-state index in [1.807, 2.05) is 6.07 Å². The maximum atomic E-state index is 12.1. The van der Waals surface area contributed by atoms with E-state index >= 15 is 0 Å². The van der Waals surface area contributed by atoms with Crippen LogP contribution in [0.25, 0.3) is 11.3 Å². The molecular weight excluding hydrogens is 358 g/mol. The van der Waals surface area contributed by atoms with E-state index in [0.29, 0.717) is 22.2 Å². The Morgan fingerprint density at radius 2 is 2.08 bits per heavy atom. The molecule has 0 aliphatic rings. The van der Waals surface area contributed by atoms with Gasteiger partial charge in [-0.15, -0.1) is 0 Å². The van der Waals surface area contributed by atoms with Gasteiger partial charge in [-0.3, -0.25) is 4.79 Å². The molecule has 1 atom stereocenters. The molecule has 0 amide bonds. The van der Waals surface area contributed by atoms with Gasteiger partial charge >= 0.3 is 5.97 Å². The molecule has 1 heterocycles. The molecule has 1 N–H and O–H groups in total. The zero-order chi connectivity index (χ0) is 19.3. The lowest BCUT2D eigenvalue weighted by molar-refractivity contribution is -0.147. The van der Waals surface area contributed by atoms with Gasteiger partial charge in [0.15, 0.2) is 22.8 Å². The number of rotatable bonds is 6. The van der Waals surface area contributed by atoms with Crippen LogP contribution >= 0.6 is 11.8 Å². The second-order valence-electron chi connectivity index (χ2n) is 5.06. The second-order valence-corrected chi connectivity index (χ2v) is 5.85. The van der Waals surface area contributed by atoms with Crippen molar-refractivity contribution in [3.05, 3.63) is 34.1 Å². The molecule has 1 unspecified atom stereocenters. The monoisotopic (exact) mass is 375 g/mol. The standard InChI is InChI=1S/C17H17N3O5S/c1-9(16(22)24-3)25-12-6-5-10(7-13(12)23-2)14-11(8-18)15(21)20-17(19-14)26-4/h5-7,9H,1-4H3,(H,19,20,21). The van der Waals surface area contributed by atoms with Crippen LogP contribution < -0.4 is 15.0 Å².